The zero-order chi connectivity index (χ0) is 17.3. The van der Waals surface area contributed by atoms with Crippen molar-refractivity contribution in [2.75, 3.05) is 11.4 Å². The Morgan fingerprint density at radius 2 is 2.12 bits per heavy atom. The van der Waals surface area contributed by atoms with Crippen LogP contribution < -0.4 is 9.62 Å². The number of nitrogens with zero attached hydrogens (tertiary/aromatic N) is 1. The Hall–Kier alpha value is -1.22. The van der Waals surface area contributed by atoms with Crippen molar-refractivity contribution >= 4 is 48.9 Å². The van der Waals surface area contributed by atoms with Crippen LogP contribution in [0.3, 0.4) is 0 Å². The summed E-state index contributed by atoms with van der Waals surface area (Å²) in [5.41, 5.74) is 2.92. The Morgan fingerprint density at radius 1 is 1.33 bits per heavy atom. The summed E-state index contributed by atoms with van der Waals surface area (Å²) >= 11 is 4.45. The molecular weight excluding hydrogens is 412 g/mol. The lowest BCUT2D eigenvalue weighted by Gasteiger charge is -2.16. The first-order chi connectivity index (χ1) is 11.4. The first kappa shape index (κ1) is 17.6. The molecule has 0 saturated carbocycles. The van der Waals surface area contributed by atoms with Crippen LogP contribution in [0.25, 0.3) is 0 Å². The van der Waals surface area contributed by atoms with Crippen molar-refractivity contribution in [3.8, 4) is 0 Å². The van der Waals surface area contributed by atoms with Gasteiger partial charge in [-0.05, 0) is 51.7 Å². The predicted molar refractivity (Wildman–Crippen MR) is 98.8 cm³/mol. The van der Waals surface area contributed by atoms with Gasteiger partial charge >= 0.3 is 0 Å². The van der Waals surface area contributed by atoms with E-state index in [1.165, 1.54) is 11.3 Å². The van der Waals surface area contributed by atoms with Crippen LogP contribution in [0.4, 0.5) is 5.69 Å². The second-order valence-electron chi connectivity index (χ2n) is 5.50. The van der Waals surface area contributed by atoms with Crippen molar-refractivity contribution in [2.45, 2.75) is 30.5 Å². The van der Waals surface area contributed by atoms with Gasteiger partial charge in [0.05, 0.1) is 3.79 Å². The Bertz CT molecular complexity index is 877. The highest BCUT2D eigenvalue weighted by molar-refractivity contribution is 9.11. The van der Waals surface area contributed by atoms with Gasteiger partial charge in [0, 0.05) is 25.2 Å². The molecule has 0 spiro atoms. The van der Waals surface area contributed by atoms with Crippen LogP contribution in [-0.4, -0.2) is 20.9 Å². The number of carbonyl (C=O) groups excluding carboxylic acids is 1. The van der Waals surface area contributed by atoms with Gasteiger partial charge in [0.25, 0.3) is 0 Å². The molecule has 1 amide bonds. The van der Waals surface area contributed by atoms with Crippen LogP contribution in [0.1, 0.15) is 24.5 Å². The lowest BCUT2D eigenvalue weighted by Crippen LogP contribution is -2.27. The Labute approximate surface area is 153 Å². The number of rotatable bonds is 5. The number of thiophene rings is 1. The molecule has 3 rings (SSSR count). The molecule has 128 valence electrons. The van der Waals surface area contributed by atoms with Crippen molar-refractivity contribution in [3.05, 3.63) is 45.2 Å². The van der Waals surface area contributed by atoms with E-state index in [2.05, 4.69) is 20.7 Å². The van der Waals surface area contributed by atoms with Crippen LogP contribution >= 0.6 is 27.3 Å². The first-order valence-electron chi connectivity index (χ1n) is 7.58. The van der Waals surface area contributed by atoms with E-state index in [9.17, 15) is 13.2 Å². The summed E-state index contributed by atoms with van der Waals surface area (Å²) in [6.07, 6.45) is 1.29. The number of sulfonamides is 1. The number of halogens is 1. The fourth-order valence-corrected chi connectivity index (χ4v) is 5.78. The molecular formula is C16H17BrN2O3S2. The molecule has 1 aromatic carbocycles. The minimum absolute atomic E-state index is 0.116. The number of nitrogens with one attached hydrogen (secondary N) is 1. The summed E-state index contributed by atoms with van der Waals surface area (Å²) in [5, 5.41) is 0. The Balaban J connectivity index is 1.73. The van der Waals surface area contributed by atoms with Gasteiger partial charge in [-0.15, -0.1) is 11.3 Å². The van der Waals surface area contributed by atoms with Crippen molar-refractivity contribution in [1.82, 2.24) is 4.72 Å². The molecule has 2 aromatic rings. The molecule has 1 aliphatic rings. The van der Waals surface area contributed by atoms with Gasteiger partial charge in [-0.2, -0.15) is 0 Å². The van der Waals surface area contributed by atoms with Crippen molar-refractivity contribution in [2.24, 2.45) is 0 Å². The summed E-state index contributed by atoms with van der Waals surface area (Å²) in [5.74, 6) is 0.116. The normalized spacial score (nSPS) is 14.0. The van der Waals surface area contributed by atoms with Gasteiger partial charge in [-0.1, -0.05) is 19.1 Å². The maximum absolute atomic E-state index is 12.3. The number of hydrogen-bond donors (Lipinski definition) is 1. The summed E-state index contributed by atoms with van der Waals surface area (Å²) < 4.78 is 28.2. The van der Waals surface area contributed by atoms with Crippen molar-refractivity contribution in [1.29, 1.82) is 0 Å². The maximum Gasteiger partial charge on any atom is 0.250 e. The van der Waals surface area contributed by atoms with E-state index in [-0.39, 0.29) is 16.7 Å². The van der Waals surface area contributed by atoms with E-state index in [1.54, 1.807) is 17.0 Å². The SMILES string of the molecule is CCC(=O)N1CCc2cc(CNS(=O)(=O)c3ccc(Br)s3)ccc21. The van der Waals surface area contributed by atoms with E-state index in [1.807, 2.05) is 25.1 Å². The molecule has 2 heterocycles. The zero-order valence-electron chi connectivity index (χ0n) is 13.1. The average Bonchev–Trinajstić information content (AvgIpc) is 3.18. The lowest BCUT2D eigenvalue weighted by atomic mass is 10.1. The molecule has 8 heteroatoms. The number of carbonyl (C=O) groups is 1. The smallest absolute Gasteiger partial charge is 0.250 e. The summed E-state index contributed by atoms with van der Waals surface area (Å²) in [6, 6.07) is 9.04. The number of fused-ring (bicyclic) bond motifs is 1. The molecule has 0 saturated heterocycles. The Kier molecular flexibility index (Phi) is 5.10. The quantitative estimate of drug-likeness (QED) is 0.794. The number of benzene rings is 1. The van der Waals surface area contributed by atoms with Gasteiger partial charge in [0.15, 0.2) is 0 Å². The second-order valence-corrected chi connectivity index (χ2v) is 9.95. The predicted octanol–water partition coefficient (Wildman–Crippen LogP) is 3.29. The topological polar surface area (TPSA) is 66.5 Å². The Morgan fingerprint density at radius 3 is 2.79 bits per heavy atom. The molecule has 24 heavy (non-hydrogen) atoms. The van der Waals surface area contributed by atoms with Crippen LogP contribution in [-0.2, 0) is 27.8 Å². The third-order valence-corrected chi connectivity index (χ3v) is 7.44. The zero-order valence-corrected chi connectivity index (χ0v) is 16.3. The molecule has 0 bridgehead atoms. The van der Waals surface area contributed by atoms with E-state index < -0.39 is 10.0 Å². The highest BCUT2D eigenvalue weighted by Gasteiger charge is 2.24. The fourth-order valence-electron chi connectivity index (χ4n) is 2.71. The number of amides is 1. The molecule has 0 radical (unpaired) electrons. The van der Waals surface area contributed by atoms with E-state index >= 15 is 0 Å². The molecule has 1 N–H and O–H groups in total. The minimum Gasteiger partial charge on any atom is -0.312 e. The van der Waals surface area contributed by atoms with Crippen LogP contribution in [0.5, 0.6) is 0 Å². The van der Waals surface area contributed by atoms with Gasteiger partial charge in [-0.3, -0.25) is 4.79 Å². The van der Waals surface area contributed by atoms with Crippen LogP contribution in [0.2, 0.25) is 0 Å². The summed E-state index contributed by atoms with van der Waals surface area (Å²) in [7, 11) is -3.51. The highest BCUT2D eigenvalue weighted by atomic mass is 79.9. The minimum atomic E-state index is -3.51. The molecule has 0 fully saturated rings. The van der Waals surface area contributed by atoms with Crippen LogP contribution in [0.15, 0.2) is 38.3 Å². The van der Waals surface area contributed by atoms with Gasteiger partial charge < -0.3 is 4.90 Å². The van der Waals surface area contributed by atoms with Crippen molar-refractivity contribution < 1.29 is 13.2 Å². The van der Waals surface area contributed by atoms with Gasteiger partial charge in [0.2, 0.25) is 15.9 Å². The molecule has 0 atom stereocenters. The van der Waals surface area contributed by atoms with Gasteiger partial charge in [-0.25, -0.2) is 13.1 Å². The van der Waals surface area contributed by atoms with Gasteiger partial charge in [0.1, 0.15) is 4.21 Å². The highest BCUT2D eigenvalue weighted by Crippen LogP contribution is 2.30. The monoisotopic (exact) mass is 428 g/mol. The van der Waals surface area contributed by atoms with E-state index in [4.69, 9.17) is 0 Å². The lowest BCUT2D eigenvalue weighted by molar-refractivity contribution is -0.118. The third-order valence-electron chi connectivity index (χ3n) is 3.92. The second kappa shape index (κ2) is 6.95. The summed E-state index contributed by atoms with van der Waals surface area (Å²) in [6.45, 7) is 2.78. The van der Waals surface area contributed by atoms with E-state index in [0.717, 1.165) is 27.0 Å². The third kappa shape index (κ3) is 3.56. The first-order valence-corrected chi connectivity index (χ1v) is 10.7. The number of hydrogen-bond acceptors (Lipinski definition) is 4. The largest absolute Gasteiger partial charge is 0.312 e. The summed E-state index contributed by atoms with van der Waals surface area (Å²) in [4.78, 5) is 13.7. The molecule has 1 aliphatic heterocycles. The van der Waals surface area contributed by atoms with Crippen molar-refractivity contribution in [3.63, 3.8) is 0 Å². The van der Waals surface area contributed by atoms with Crippen LogP contribution in [0, 0.1) is 0 Å². The number of anilines is 1. The standard InChI is InChI=1S/C16H17BrN2O3S2/c1-2-15(20)19-8-7-12-9-11(3-4-13(12)19)10-18-24(21,22)16-6-5-14(17)23-16/h3-6,9,18H,2,7-8,10H2,1H3. The van der Waals surface area contributed by atoms with E-state index in [0.29, 0.717) is 13.0 Å². The molecule has 0 aliphatic carbocycles. The molecule has 0 unspecified atom stereocenters. The maximum atomic E-state index is 12.3. The fraction of sp³-hybridized carbons (Fsp3) is 0.312. The molecule has 1 aromatic heterocycles. The average molecular weight is 429 g/mol. The molecule has 5 nitrogen and oxygen atoms in total.